The van der Waals surface area contributed by atoms with E-state index in [1.165, 1.54) is 12.8 Å². The van der Waals surface area contributed by atoms with Crippen LogP contribution < -0.4 is 0 Å². The number of carboxylic acid groups (broad SMARTS) is 1. The summed E-state index contributed by atoms with van der Waals surface area (Å²) in [5.41, 5.74) is -0.320. The quantitative estimate of drug-likeness (QED) is 0.845. The van der Waals surface area contributed by atoms with Gasteiger partial charge in [0, 0.05) is 12.5 Å². The van der Waals surface area contributed by atoms with Crippen LogP contribution in [0.5, 0.6) is 0 Å². The molecule has 0 aromatic heterocycles. The number of nitrogens with zero attached hydrogens (tertiary/aromatic N) is 1. The third-order valence-electron chi connectivity index (χ3n) is 5.73. The van der Waals surface area contributed by atoms with Gasteiger partial charge in [-0.3, -0.25) is 4.79 Å². The van der Waals surface area contributed by atoms with Gasteiger partial charge in [-0.15, -0.1) is 0 Å². The van der Waals surface area contributed by atoms with Crippen LogP contribution in [-0.4, -0.2) is 34.5 Å². The van der Waals surface area contributed by atoms with Crippen molar-refractivity contribution >= 4 is 11.9 Å². The van der Waals surface area contributed by atoms with Crippen molar-refractivity contribution in [1.29, 1.82) is 0 Å². The SMILES string of the molecule is CC1(C)CCCN(C(=O)C2C3CCCCC32)C1C(=O)O. The van der Waals surface area contributed by atoms with Crippen LogP contribution in [0.25, 0.3) is 0 Å². The number of carbonyl (C=O) groups excluding carboxylic acids is 1. The lowest BCUT2D eigenvalue weighted by Crippen LogP contribution is -2.56. The number of likely N-dealkylation sites (tertiary alicyclic amines) is 1. The molecular formula is C16H25NO3. The molecule has 1 aliphatic heterocycles. The van der Waals surface area contributed by atoms with Gasteiger partial charge in [0.1, 0.15) is 6.04 Å². The monoisotopic (exact) mass is 279 g/mol. The van der Waals surface area contributed by atoms with Crippen LogP contribution >= 0.6 is 0 Å². The Labute approximate surface area is 120 Å². The van der Waals surface area contributed by atoms with Gasteiger partial charge in [0.05, 0.1) is 0 Å². The fourth-order valence-corrected chi connectivity index (χ4v) is 4.65. The van der Waals surface area contributed by atoms with Gasteiger partial charge >= 0.3 is 5.97 Å². The number of rotatable bonds is 2. The van der Waals surface area contributed by atoms with Crippen LogP contribution in [0.2, 0.25) is 0 Å². The minimum atomic E-state index is -0.841. The first kappa shape index (κ1) is 13.9. The van der Waals surface area contributed by atoms with E-state index in [-0.39, 0.29) is 17.2 Å². The van der Waals surface area contributed by atoms with Crippen LogP contribution in [-0.2, 0) is 9.59 Å². The summed E-state index contributed by atoms with van der Waals surface area (Å²) in [7, 11) is 0. The van der Waals surface area contributed by atoms with Crippen molar-refractivity contribution in [2.45, 2.75) is 58.4 Å². The summed E-state index contributed by atoms with van der Waals surface area (Å²) >= 11 is 0. The number of hydrogen-bond acceptors (Lipinski definition) is 2. The Morgan fingerprint density at radius 3 is 2.25 bits per heavy atom. The van der Waals surface area contributed by atoms with Crippen LogP contribution in [0, 0.1) is 23.2 Å². The number of hydrogen-bond donors (Lipinski definition) is 1. The normalized spacial score (nSPS) is 39.0. The fourth-order valence-electron chi connectivity index (χ4n) is 4.65. The Morgan fingerprint density at radius 1 is 1.10 bits per heavy atom. The molecule has 3 atom stereocenters. The fraction of sp³-hybridized carbons (Fsp3) is 0.875. The van der Waals surface area contributed by atoms with E-state index in [1.54, 1.807) is 4.90 Å². The Kier molecular flexibility index (Phi) is 3.30. The molecule has 4 nitrogen and oxygen atoms in total. The summed E-state index contributed by atoms with van der Waals surface area (Å²) in [4.78, 5) is 26.1. The summed E-state index contributed by atoms with van der Waals surface area (Å²) in [6.45, 7) is 4.57. The van der Waals surface area contributed by atoms with Crippen LogP contribution in [0.15, 0.2) is 0 Å². The molecule has 1 N–H and O–H groups in total. The molecular weight excluding hydrogens is 254 g/mol. The molecule has 20 heavy (non-hydrogen) atoms. The first-order chi connectivity index (χ1) is 9.43. The maximum atomic E-state index is 12.8. The molecule has 3 fully saturated rings. The van der Waals surface area contributed by atoms with Crippen LogP contribution in [0.3, 0.4) is 0 Å². The predicted molar refractivity (Wildman–Crippen MR) is 75.1 cm³/mol. The number of amides is 1. The molecule has 3 unspecified atom stereocenters. The van der Waals surface area contributed by atoms with Crippen molar-refractivity contribution in [3.63, 3.8) is 0 Å². The second-order valence-corrected chi connectivity index (χ2v) is 7.50. The smallest absolute Gasteiger partial charge is 0.326 e. The predicted octanol–water partition coefficient (Wildman–Crippen LogP) is 2.52. The topological polar surface area (TPSA) is 57.6 Å². The molecule has 112 valence electrons. The molecule has 4 heteroatoms. The molecule has 1 saturated heterocycles. The first-order valence-corrected chi connectivity index (χ1v) is 7.97. The second-order valence-electron chi connectivity index (χ2n) is 7.50. The maximum absolute atomic E-state index is 12.8. The molecule has 3 aliphatic rings. The van der Waals surface area contributed by atoms with Crippen molar-refractivity contribution in [3.05, 3.63) is 0 Å². The van der Waals surface area contributed by atoms with Crippen LogP contribution in [0.1, 0.15) is 52.4 Å². The highest BCUT2D eigenvalue weighted by Gasteiger charge is 2.58. The first-order valence-electron chi connectivity index (χ1n) is 7.97. The summed E-state index contributed by atoms with van der Waals surface area (Å²) in [6, 6.07) is -0.647. The van der Waals surface area contributed by atoms with Gasteiger partial charge in [-0.2, -0.15) is 0 Å². The van der Waals surface area contributed by atoms with Gasteiger partial charge in [-0.1, -0.05) is 26.7 Å². The highest BCUT2D eigenvalue weighted by Crippen LogP contribution is 2.56. The molecule has 1 heterocycles. The lowest BCUT2D eigenvalue weighted by molar-refractivity contribution is -0.159. The Hall–Kier alpha value is -1.06. The molecule has 0 spiro atoms. The largest absolute Gasteiger partial charge is 0.480 e. The van der Waals surface area contributed by atoms with Gasteiger partial charge in [-0.05, 0) is 42.9 Å². The summed E-state index contributed by atoms with van der Waals surface area (Å²) in [6.07, 6.45) is 6.60. The highest BCUT2D eigenvalue weighted by atomic mass is 16.4. The van der Waals surface area contributed by atoms with Crippen molar-refractivity contribution in [3.8, 4) is 0 Å². The van der Waals surface area contributed by atoms with Gasteiger partial charge in [0.2, 0.25) is 5.91 Å². The lowest BCUT2D eigenvalue weighted by Gasteiger charge is -2.44. The highest BCUT2D eigenvalue weighted by molar-refractivity contribution is 5.88. The Morgan fingerprint density at radius 2 is 1.70 bits per heavy atom. The van der Waals surface area contributed by atoms with Crippen molar-refractivity contribution < 1.29 is 14.7 Å². The lowest BCUT2D eigenvalue weighted by atomic mass is 9.76. The van der Waals surface area contributed by atoms with Gasteiger partial charge in [-0.25, -0.2) is 4.79 Å². The Bertz CT molecular complexity index is 419. The number of fused-ring (bicyclic) bond motifs is 1. The van der Waals surface area contributed by atoms with Gasteiger partial charge in [0.25, 0.3) is 0 Å². The van der Waals surface area contributed by atoms with Crippen LogP contribution in [0.4, 0.5) is 0 Å². The number of carbonyl (C=O) groups is 2. The maximum Gasteiger partial charge on any atom is 0.326 e. The van der Waals surface area contributed by atoms with E-state index in [0.717, 1.165) is 25.7 Å². The van der Waals surface area contributed by atoms with Crippen molar-refractivity contribution in [1.82, 2.24) is 4.90 Å². The van der Waals surface area contributed by atoms with Gasteiger partial charge in [0.15, 0.2) is 0 Å². The van der Waals surface area contributed by atoms with E-state index in [1.807, 2.05) is 13.8 Å². The zero-order valence-electron chi connectivity index (χ0n) is 12.5. The minimum absolute atomic E-state index is 0.127. The molecule has 0 radical (unpaired) electrons. The minimum Gasteiger partial charge on any atom is -0.480 e. The van der Waals surface area contributed by atoms with E-state index in [2.05, 4.69) is 0 Å². The number of carboxylic acids is 1. The standard InChI is InChI=1S/C16H25NO3/c1-16(2)8-5-9-17(13(16)15(19)20)14(18)12-10-6-3-4-7-11(10)12/h10-13H,3-9H2,1-2H3,(H,19,20). The molecule has 3 rings (SSSR count). The average Bonchev–Trinajstić information content (AvgIpc) is 3.10. The van der Waals surface area contributed by atoms with Crippen molar-refractivity contribution in [2.75, 3.05) is 6.54 Å². The zero-order valence-corrected chi connectivity index (χ0v) is 12.5. The van der Waals surface area contributed by atoms with E-state index in [9.17, 15) is 14.7 Å². The summed E-state index contributed by atoms with van der Waals surface area (Å²) in [5.74, 6) is 0.522. The van der Waals surface area contributed by atoms with E-state index < -0.39 is 12.0 Å². The average molecular weight is 279 g/mol. The number of aliphatic carboxylic acids is 1. The number of piperidine rings is 1. The Balaban J connectivity index is 1.77. The molecule has 1 amide bonds. The van der Waals surface area contributed by atoms with E-state index in [0.29, 0.717) is 18.4 Å². The third-order valence-corrected chi connectivity index (χ3v) is 5.73. The molecule has 0 bridgehead atoms. The molecule has 2 saturated carbocycles. The van der Waals surface area contributed by atoms with Crippen molar-refractivity contribution in [2.24, 2.45) is 23.2 Å². The third kappa shape index (κ3) is 2.13. The second kappa shape index (κ2) is 4.74. The zero-order chi connectivity index (χ0) is 14.5. The van der Waals surface area contributed by atoms with E-state index in [4.69, 9.17) is 0 Å². The molecule has 0 aromatic carbocycles. The van der Waals surface area contributed by atoms with Gasteiger partial charge < -0.3 is 10.0 Å². The summed E-state index contributed by atoms with van der Waals surface area (Å²) < 4.78 is 0. The summed E-state index contributed by atoms with van der Waals surface area (Å²) in [5, 5.41) is 9.56. The van der Waals surface area contributed by atoms with E-state index >= 15 is 0 Å². The molecule has 0 aromatic rings. The molecule has 2 aliphatic carbocycles.